The first-order valence-electron chi connectivity index (χ1n) is 10.4. The molecular weight excluding hydrogens is 402 g/mol. The van der Waals surface area contributed by atoms with E-state index in [0.29, 0.717) is 30.0 Å². The van der Waals surface area contributed by atoms with Gasteiger partial charge in [0.1, 0.15) is 17.0 Å². The van der Waals surface area contributed by atoms with Crippen molar-refractivity contribution in [3.63, 3.8) is 0 Å². The van der Waals surface area contributed by atoms with Crippen molar-refractivity contribution in [2.75, 3.05) is 6.61 Å². The Hall–Kier alpha value is -4.19. The largest absolute Gasteiger partial charge is 0.491 e. The average molecular weight is 423 g/mol. The van der Waals surface area contributed by atoms with Crippen LogP contribution in [0.3, 0.4) is 0 Å². The molecule has 2 aromatic carbocycles. The zero-order valence-corrected chi connectivity index (χ0v) is 17.2. The molecule has 0 saturated carbocycles. The third kappa shape index (κ3) is 3.56. The van der Waals surface area contributed by atoms with Gasteiger partial charge >= 0.3 is 0 Å². The van der Waals surface area contributed by atoms with E-state index in [1.807, 2.05) is 42.5 Å². The van der Waals surface area contributed by atoms with E-state index in [-0.39, 0.29) is 11.5 Å². The lowest BCUT2D eigenvalue weighted by Gasteiger charge is -2.39. The molecule has 1 amide bonds. The SMILES string of the molecule is O=C(N[C@]1(c2ccc(-c3ccccc3)cc2)CCOc2cccnc21)c1ccc(=O)[nH]c1. The molecule has 1 aliphatic heterocycles. The number of amides is 1. The van der Waals surface area contributed by atoms with Gasteiger partial charge in [-0.3, -0.25) is 14.6 Å². The lowest BCUT2D eigenvalue weighted by Crippen LogP contribution is -2.50. The van der Waals surface area contributed by atoms with Gasteiger partial charge in [-0.1, -0.05) is 54.6 Å². The molecule has 32 heavy (non-hydrogen) atoms. The summed E-state index contributed by atoms with van der Waals surface area (Å²) in [6.45, 7) is 0.436. The van der Waals surface area contributed by atoms with E-state index in [2.05, 4.69) is 39.6 Å². The standard InChI is InChI=1S/C26H21N3O3/c30-23-13-10-20(17-28-23)25(31)29-26(14-16-32-22-7-4-15-27-24(22)26)21-11-8-19(9-12-21)18-5-2-1-3-6-18/h1-13,15,17H,14,16H2,(H,28,30)(H,29,31)/t26-/m0/s1. The molecule has 0 spiro atoms. The third-order valence-electron chi connectivity index (χ3n) is 5.77. The molecule has 6 heteroatoms. The number of hydrogen-bond donors (Lipinski definition) is 2. The van der Waals surface area contributed by atoms with Crippen molar-refractivity contribution in [1.82, 2.24) is 15.3 Å². The second-order valence-corrected chi connectivity index (χ2v) is 7.69. The molecule has 0 radical (unpaired) electrons. The zero-order chi connectivity index (χ0) is 22.0. The number of hydrogen-bond acceptors (Lipinski definition) is 4. The predicted molar refractivity (Wildman–Crippen MR) is 122 cm³/mol. The van der Waals surface area contributed by atoms with Gasteiger partial charge in [0.15, 0.2) is 0 Å². The van der Waals surface area contributed by atoms with Crippen LogP contribution in [0.5, 0.6) is 5.75 Å². The van der Waals surface area contributed by atoms with Crippen LogP contribution in [0, 0.1) is 0 Å². The molecule has 0 aliphatic carbocycles. The molecule has 2 aromatic heterocycles. The summed E-state index contributed by atoms with van der Waals surface area (Å²) in [4.78, 5) is 31.8. The highest BCUT2D eigenvalue weighted by Crippen LogP contribution is 2.41. The summed E-state index contributed by atoms with van der Waals surface area (Å²) in [5.74, 6) is 0.347. The second kappa shape index (κ2) is 8.15. The molecule has 0 bridgehead atoms. The van der Waals surface area contributed by atoms with Crippen molar-refractivity contribution in [3.05, 3.63) is 118 Å². The van der Waals surface area contributed by atoms with Gasteiger partial charge in [0.2, 0.25) is 5.56 Å². The van der Waals surface area contributed by atoms with Crippen molar-refractivity contribution in [2.45, 2.75) is 12.0 Å². The number of carbonyl (C=O) groups is 1. The summed E-state index contributed by atoms with van der Waals surface area (Å²) >= 11 is 0. The summed E-state index contributed by atoms with van der Waals surface area (Å²) in [7, 11) is 0. The van der Waals surface area contributed by atoms with Crippen molar-refractivity contribution in [3.8, 4) is 16.9 Å². The molecule has 3 heterocycles. The average Bonchev–Trinajstić information content (AvgIpc) is 2.85. The van der Waals surface area contributed by atoms with Crippen LogP contribution in [-0.2, 0) is 5.54 Å². The molecular formula is C26H21N3O3. The van der Waals surface area contributed by atoms with Gasteiger partial charge in [-0.05, 0) is 34.9 Å². The van der Waals surface area contributed by atoms with Crippen LogP contribution in [0.2, 0.25) is 0 Å². The Morgan fingerprint density at radius 1 is 0.938 bits per heavy atom. The minimum Gasteiger partial charge on any atom is -0.491 e. The highest BCUT2D eigenvalue weighted by Gasteiger charge is 2.42. The molecule has 5 rings (SSSR count). The lowest BCUT2D eigenvalue weighted by atomic mass is 9.80. The molecule has 6 nitrogen and oxygen atoms in total. The number of pyridine rings is 2. The minimum atomic E-state index is -0.864. The molecule has 1 aliphatic rings. The summed E-state index contributed by atoms with van der Waals surface area (Å²) < 4.78 is 5.83. The van der Waals surface area contributed by atoms with Gasteiger partial charge in [0.05, 0.1) is 12.2 Å². The quantitative estimate of drug-likeness (QED) is 0.522. The number of fused-ring (bicyclic) bond motifs is 1. The fourth-order valence-corrected chi connectivity index (χ4v) is 4.13. The fourth-order valence-electron chi connectivity index (χ4n) is 4.13. The van der Waals surface area contributed by atoms with Crippen LogP contribution >= 0.6 is 0 Å². The van der Waals surface area contributed by atoms with Crippen molar-refractivity contribution < 1.29 is 9.53 Å². The van der Waals surface area contributed by atoms with Crippen LogP contribution in [-0.4, -0.2) is 22.5 Å². The molecule has 0 unspecified atom stereocenters. The number of H-pyrrole nitrogens is 1. The molecule has 4 aromatic rings. The second-order valence-electron chi connectivity index (χ2n) is 7.69. The Bertz CT molecular complexity index is 1300. The number of rotatable bonds is 4. The van der Waals surface area contributed by atoms with Crippen molar-refractivity contribution in [2.24, 2.45) is 0 Å². The van der Waals surface area contributed by atoms with Gasteiger partial charge in [0.25, 0.3) is 5.91 Å². The molecule has 1 atom stereocenters. The zero-order valence-electron chi connectivity index (χ0n) is 17.2. The van der Waals surface area contributed by atoms with E-state index >= 15 is 0 Å². The predicted octanol–water partition coefficient (Wildman–Crippen LogP) is 3.89. The fraction of sp³-hybridized carbons (Fsp3) is 0.115. The van der Waals surface area contributed by atoms with Gasteiger partial charge < -0.3 is 15.0 Å². The highest BCUT2D eigenvalue weighted by atomic mass is 16.5. The maximum Gasteiger partial charge on any atom is 0.253 e. The Labute approximate surface area is 184 Å². The number of aromatic nitrogens is 2. The molecule has 0 saturated heterocycles. The number of nitrogens with zero attached hydrogens (tertiary/aromatic N) is 1. The minimum absolute atomic E-state index is 0.258. The number of ether oxygens (including phenoxy) is 1. The Kier molecular flexibility index (Phi) is 5.03. The molecule has 2 N–H and O–H groups in total. The topological polar surface area (TPSA) is 84.1 Å². The van der Waals surface area contributed by atoms with Crippen molar-refractivity contribution in [1.29, 1.82) is 0 Å². The van der Waals surface area contributed by atoms with Crippen LogP contribution < -0.4 is 15.6 Å². The first-order valence-corrected chi connectivity index (χ1v) is 10.4. The third-order valence-corrected chi connectivity index (χ3v) is 5.77. The first-order chi connectivity index (χ1) is 15.7. The van der Waals surface area contributed by atoms with Crippen LogP contribution in [0.4, 0.5) is 0 Å². The Morgan fingerprint density at radius 3 is 2.47 bits per heavy atom. The molecule has 0 fully saturated rings. The monoisotopic (exact) mass is 423 g/mol. The van der Waals surface area contributed by atoms with Gasteiger partial charge in [-0.15, -0.1) is 0 Å². The number of nitrogens with one attached hydrogen (secondary N) is 2. The van der Waals surface area contributed by atoms with E-state index in [1.54, 1.807) is 6.20 Å². The highest BCUT2D eigenvalue weighted by molar-refractivity contribution is 5.94. The van der Waals surface area contributed by atoms with Gasteiger partial charge in [-0.25, -0.2) is 0 Å². The summed E-state index contributed by atoms with van der Waals surface area (Å²) in [5.41, 5.74) is 3.03. The number of aromatic amines is 1. The smallest absolute Gasteiger partial charge is 0.253 e. The van der Waals surface area contributed by atoms with Crippen molar-refractivity contribution >= 4 is 5.91 Å². The van der Waals surface area contributed by atoms with E-state index in [1.165, 1.54) is 18.3 Å². The Balaban J connectivity index is 1.59. The summed E-state index contributed by atoms with van der Waals surface area (Å²) in [5, 5.41) is 3.20. The normalized spacial score (nSPS) is 17.1. The first kappa shape index (κ1) is 19.8. The van der Waals surface area contributed by atoms with Crippen LogP contribution in [0.1, 0.15) is 28.0 Å². The summed E-state index contributed by atoms with van der Waals surface area (Å²) in [6, 6.07) is 24.8. The Morgan fingerprint density at radius 2 is 1.72 bits per heavy atom. The van der Waals surface area contributed by atoms with E-state index in [0.717, 1.165) is 16.7 Å². The van der Waals surface area contributed by atoms with E-state index in [4.69, 9.17) is 4.74 Å². The lowest BCUT2D eigenvalue weighted by molar-refractivity contribution is 0.0883. The van der Waals surface area contributed by atoms with E-state index in [9.17, 15) is 9.59 Å². The maximum absolute atomic E-state index is 13.2. The van der Waals surface area contributed by atoms with Gasteiger partial charge in [0, 0.05) is 24.9 Å². The van der Waals surface area contributed by atoms with Gasteiger partial charge in [-0.2, -0.15) is 0 Å². The van der Waals surface area contributed by atoms with Crippen LogP contribution in [0.15, 0.2) is 96.1 Å². The van der Waals surface area contributed by atoms with E-state index < -0.39 is 5.54 Å². The maximum atomic E-state index is 13.2. The van der Waals surface area contributed by atoms with Crippen LogP contribution in [0.25, 0.3) is 11.1 Å². The number of benzene rings is 2. The number of carbonyl (C=O) groups excluding carboxylic acids is 1. The molecule has 158 valence electrons. The summed E-state index contributed by atoms with van der Waals surface area (Å²) in [6.07, 6.45) is 3.64.